The molecule has 0 aliphatic heterocycles. The van der Waals surface area contributed by atoms with Gasteiger partial charge in [0.25, 0.3) is 0 Å². The van der Waals surface area contributed by atoms with E-state index in [1.54, 1.807) is 6.07 Å². The van der Waals surface area contributed by atoms with Gasteiger partial charge in [-0.15, -0.1) is 0 Å². The summed E-state index contributed by atoms with van der Waals surface area (Å²) < 4.78 is 0. The summed E-state index contributed by atoms with van der Waals surface area (Å²) in [5.74, 6) is -0.389. The molecule has 102 valence electrons. The number of phenolic OH excluding ortho intramolecular Hbond substituents is 2. The second kappa shape index (κ2) is 5.59. The van der Waals surface area contributed by atoms with Gasteiger partial charge in [0.15, 0.2) is 11.5 Å². The van der Waals surface area contributed by atoms with Gasteiger partial charge in [-0.2, -0.15) is 0 Å². The molecule has 2 atom stereocenters. The van der Waals surface area contributed by atoms with E-state index in [0.29, 0.717) is 5.56 Å². The first kappa shape index (κ1) is 14.8. The van der Waals surface area contributed by atoms with E-state index >= 15 is 0 Å². The zero-order valence-electron chi connectivity index (χ0n) is 11.4. The summed E-state index contributed by atoms with van der Waals surface area (Å²) >= 11 is 0. The maximum atomic E-state index is 10.3. The highest BCUT2D eigenvalue weighted by Crippen LogP contribution is 2.29. The average Bonchev–Trinajstić information content (AvgIpc) is 2.27. The molecule has 2 unspecified atom stereocenters. The Balaban J connectivity index is 2.89. The zero-order valence-corrected chi connectivity index (χ0v) is 11.4. The van der Waals surface area contributed by atoms with Crippen molar-refractivity contribution in [3.05, 3.63) is 23.8 Å². The van der Waals surface area contributed by atoms with Gasteiger partial charge in [-0.05, 0) is 44.9 Å². The highest BCUT2D eigenvalue weighted by molar-refractivity contribution is 5.41. The number of hydrogen-bond acceptors (Lipinski definition) is 4. The molecule has 4 N–H and O–H groups in total. The Morgan fingerprint density at radius 1 is 1.17 bits per heavy atom. The molecule has 0 saturated carbocycles. The van der Waals surface area contributed by atoms with Crippen LogP contribution in [0.25, 0.3) is 0 Å². The van der Waals surface area contributed by atoms with Crippen LogP contribution in [0.5, 0.6) is 11.5 Å². The lowest BCUT2D eigenvalue weighted by atomic mass is 9.96. The molecule has 0 amide bonds. The van der Waals surface area contributed by atoms with Crippen molar-refractivity contribution in [2.24, 2.45) is 0 Å². The van der Waals surface area contributed by atoms with E-state index in [4.69, 9.17) is 0 Å². The highest BCUT2D eigenvalue weighted by Gasteiger charge is 2.24. The van der Waals surface area contributed by atoms with E-state index in [0.717, 1.165) is 6.42 Å². The van der Waals surface area contributed by atoms with Crippen molar-refractivity contribution in [3.8, 4) is 11.5 Å². The Morgan fingerprint density at radius 2 is 1.78 bits per heavy atom. The SMILES string of the molecule is CCC(NC(C)(C)C)C(O)c1ccc(O)c(O)c1. The van der Waals surface area contributed by atoms with Gasteiger partial charge < -0.3 is 20.6 Å². The normalized spacial score (nSPS) is 15.4. The van der Waals surface area contributed by atoms with Gasteiger partial charge in [-0.3, -0.25) is 0 Å². The standard InChI is InChI=1S/C14H23NO3/c1-5-10(15-14(2,3)4)13(18)9-6-7-11(16)12(17)8-9/h6-8,10,13,15-18H,5H2,1-4H3. The number of nitrogens with one attached hydrogen (secondary N) is 1. The van der Waals surface area contributed by atoms with Crippen molar-refractivity contribution < 1.29 is 15.3 Å². The van der Waals surface area contributed by atoms with Crippen molar-refractivity contribution >= 4 is 0 Å². The number of phenols is 2. The summed E-state index contributed by atoms with van der Waals surface area (Å²) in [5, 5.41) is 32.4. The van der Waals surface area contributed by atoms with Gasteiger partial charge in [0, 0.05) is 11.6 Å². The molecular weight excluding hydrogens is 230 g/mol. The van der Waals surface area contributed by atoms with Gasteiger partial charge in [0.1, 0.15) is 0 Å². The van der Waals surface area contributed by atoms with Crippen molar-refractivity contribution in [1.82, 2.24) is 5.32 Å². The van der Waals surface area contributed by atoms with Crippen LogP contribution in [0.3, 0.4) is 0 Å². The van der Waals surface area contributed by atoms with E-state index in [9.17, 15) is 15.3 Å². The van der Waals surface area contributed by atoms with Gasteiger partial charge >= 0.3 is 0 Å². The predicted molar refractivity (Wildman–Crippen MR) is 71.7 cm³/mol. The van der Waals surface area contributed by atoms with Crippen LogP contribution >= 0.6 is 0 Å². The lowest BCUT2D eigenvalue weighted by Gasteiger charge is -2.31. The van der Waals surface area contributed by atoms with E-state index < -0.39 is 6.10 Å². The molecule has 0 aliphatic rings. The van der Waals surface area contributed by atoms with Gasteiger partial charge in [-0.1, -0.05) is 13.0 Å². The molecule has 0 bridgehead atoms. The van der Waals surface area contributed by atoms with Crippen LogP contribution < -0.4 is 5.32 Å². The molecule has 0 aliphatic carbocycles. The van der Waals surface area contributed by atoms with Crippen molar-refractivity contribution in [2.75, 3.05) is 0 Å². The summed E-state index contributed by atoms with van der Waals surface area (Å²) in [6.45, 7) is 8.11. The lowest BCUT2D eigenvalue weighted by Crippen LogP contribution is -2.46. The fraction of sp³-hybridized carbons (Fsp3) is 0.571. The Kier molecular flexibility index (Phi) is 4.59. The third-order valence-electron chi connectivity index (χ3n) is 2.78. The van der Waals surface area contributed by atoms with Crippen molar-refractivity contribution in [2.45, 2.75) is 51.8 Å². The molecule has 0 aromatic heterocycles. The van der Waals surface area contributed by atoms with Crippen LogP contribution in [0.15, 0.2) is 18.2 Å². The van der Waals surface area contributed by atoms with Gasteiger partial charge in [-0.25, -0.2) is 0 Å². The van der Waals surface area contributed by atoms with Crippen LogP contribution in [0.1, 0.15) is 45.8 Å². The monoisotopic (exact) mass is 253 g/mol. The van der Waals surface area contributed by atoms with Gasteiger partial charge in [0.2, 0.25) is 0 Å². The third kappa shape index (κ3) is 3.89. The molecule has 1 rings (SSSR count). The first-order valence-corrected chi connectivity index (χ1v) is 6.22. The van der Waals surface area contributed by atoms with Crippen LogP contribution in [-0.2, 0) is 0 Å². The van der Waals surface area contributed by atoms with E-state index in [2.05, 4.69) is 5.32 Å². The number of aromatic hydroxyl groups is 2. The molecule has 4 nitrogen and oxygen atoms in total. The number of aliphatic hydroxyl groups is 1. The first-order valence-electron chi connectivity index (χ1n) is 6.22. The minimum Gasteiger partial charge on any atom is -0.504 e. The number of benzene rings is 1. The minimum atomic E-state index is -0.722. The average molecular weight is 253 g/mol. The lowest BCUT2D eigenvalue weighted by molar-refractivity contribution is 0.110. The zero-order chi connectivity index (χ0) is 13.9. The number of aliphatic hydroxyl groups excluding tert-OH is 1. The Labute approximate surface area is 108 Å². The van der Waals surface area contributed by atoms with Crippen LogP contribution in [0.4, 0.5) is 0 Å². The molecule has 1 aromatic carbocycles. The Morgan fingerprint density at radius 3 is 2.22 bits per heavy atom. The molecule has 0 fully saturated rings. The Hall–Kier alpha value is -1.26. The maximum Gasteiger partial charge on any atom is 0.157 e. The predicted octanol–water partition coefficient (Wildman–Crippen LogP) is 2.30. The second-order valence-electron chi connectivity index (χ2n) is 5.60. The highest BCUT2D eigenvalue weighted by atomic mass is 16.3. The quantitative estimate of drug-likeness (QED) is 0.621. The summed E-state index contributed by atoms with van der Waals surface area (Å²) in [5.41, 5.74) is 0.495. The fourth-order valence-electron chi connectivity index (χ4n) is 1.92. The van der Waals surface area contributed by atoms with E-state index in [1.165, 1.54) is 12.1 Å². The summed E-state index contributed by atoms with van der Waals surface area (Å²) in [6.07, 6.45) is 0.0424. The third-order valence-corrected chi connectivity index (χ3v) is 2.78. The number of hydrogen-bond donors (Lipinski definition) is 4. The van der Waals surface area contributed by atoms with Crippen molar-refractivity contribution in [1.29, 1.82) is 0 Å². The molecule has 0 saturated heterocycles. The summed E-state index contributed by atoms with van der Waals surface area (Å²) in [6, 6.07) is 4.30. The largest absolute Gasteiger partial charge is 0.504 e. The summed E-state index contributed by atoms with van der Waals surface area (Å²) in [4.78, 5) is 0. The first-order chi connectivity index (χ1) is 8.24. The van der Waals surface area contributed by atoms with Gasteiger partial charge in [0.05, 0.1) is 6.10 Å². The second-order valence-corrected chi connectivity index (χ2v) is 5.60. The topological polar surface area (TPSA) is 72.7 Å². The van der Waals surface area contributed by atoms with E-state index in [-0.39, 0.29) is 23.1 Å². The maximum absolute atomic E-state index is 10.3. The molecule has 18 heavy (non-hydrogen) atoms. The molecule has 4 heteroatoms. The molecule has 0 radical (unpaired) electrons. The molecule has 0 heterocycles. The van der Waals surface area contributed by atoms with Crippen molar-refractivity contribution in [3.63, 3.8) is 0 Å². The summed E-state index contributed by atoms with van der Waals surface area (Å²) in [7, 11) is 0. The molecular formula is C14H23NO3. The molecule has 1 aromatic rings. The fourth-order valence-corrected chi connectivity index (χ4v) is 1.92. The number of rotatable bonds is 4. The van der Waals surface area contributed by atoms with Crippen LogP contribution in [0, 0.1) is 0 Å². The smallest absolute Gasteiger partial charge is 0.157 e. The van der Waals surface area contributed by atoms with Crippen LogP contribution in [0.2, 0.25) is 0 Å². The van der Waals surface area contributed by atoms with Crippen LogP contribution in [-0.4, -0.2) is 26.9 Å². The molecule has 0 spiro atoms. The van der Waals surface area contributed by atoms with E-state index in [1.807, 2.05) is 27.7 Å². The Bertz CT molecular complexity index is 399. The minimum absolute atomic E-state index is 0.0966.